The van der Waals surface area contributed by atoms with E-state index < -0.39 is 55.5 Å². The van der Waals surface area contributed by atoms with Gasteiger partial charge in [0.25, 0.3) is 10.0 Å². The van der Waals surface area contributed by atoms with Gasteiger partial charge in [-0.1, -0.05) is 0 Å². The summed E-state index contributed by atoms with van der Waals surface area (Å²) in [5.74, 6) is -13.7. The van der Waals surface area contributed by atoms with Crippen molar-refractivity contribution in [2.75, 3.05) is 11.8 Å². The Morgan fingerprint density at radius 2 is 1.36 bits per heavy atom. The summed E-state index contributed by atoms with van der Waals surface area (Å²) in [4.78, 5) is -2.07. The minimum absolute atomic E-state index is 0. The first-order chi connectivity index (χ1) is 11.1. The SMILES string of the molecule is COc1ccc(NS(=O)(=O)c2c(F)c(F)c(F)c(F)c2F)cc1F.[K+]. The Hall–Kier alpha value is -0.794. The second-order valence-electron chi connectivity index (χ2n) is 4.35. The third-order valence-electron chi connectivity index (χ3n) is 2.84. The molecule has 0 aliphatic carbocycles. The molecule has 0 fully saturated rings. The third-order valence-corrected chi connectivity index (χ3v) is 4.24. The van der Waals surface area contributed by atoms with E-state index >= 15 is 0 Å². The number of hydrogen-bond donors (Lipinski definition) is 1. The van der Waals surface area contributed by atoms with Gasteiger partial charge in [0.2, 0.25) is 5.82 Å². The van der Waals surface area contributed by atoms with Crippen LogP contribution in [-0.4, -0.2) is 15.5 Å². The smallest absolute Gasteiger partial charge is 0.494 e. The quantitative estimate of drug-likeness (QED) is 0.342. The van der Waals surface area contributed by atoms with E-state index in [1.165, 1.54) is 4.72 Å². The van der Waals surface area contributed by atoms with Crippen LogP contribution >= 0.6 is 0 Å². The van der Waals surface area contributed by atoms with E-state index in [0.717, 1.165) is 19.2 Å². The van der Waals surface area contributed by atoms with E-state index in [9.17, 15) is 34.8 Å². The van der Waals surface area contributed by atoms with Crippen molar-refractivity contribution in [1.29, 1.82) is 0 Å². The summed E-state index contributed by atoms with van der Waals surface area (Å²) in [5.41, 5.74) is -0.516. The number of halogens is 6. The Morgan fingerprint density at radius 3 is 1.80 bits per heavy atom. The number of benzene rings is 2. The molecule has 0 saturated carbocycles. The van der Waals surface area contributed by atoms with E-state index in [4.69, 9.17) is 0 Å². The number of sulfonamides is 1. The maximum atomic E-state index is 13.6. The van der Waals surface area contributed by atoms with Gasteiger partial charge in [0.1, 0.15) is 0 Å². The monoisotopic (exact) mass is 410 g/mol. The molecule has 0 amide bonds. The van der Waals surface area contributed by atoms with Gasteiger partial charge < -0.3 is 4.74 Å². The third kappa shape index (κ3) is 4.31. The summed E-state index contributed by atoms with van der Waals surface area (Å²) < 4.78 is 110. The van der Waals surface area contributed by atoms with Crippen molar-refractivity contribution in [3.05, 3.63) is 53.1 Å². The van der Waals surface area contributed by atoms with E-state index in [-0.39, 0.29) is 57.1 Å². The largest absolute Gasteiger partial charge is 1.00 e. The molecule has 1 N–H and O–H groups in total. The van der Waals surface area contributed by atoms with E-state index in [1.54, 1.807) is 0 Å². The number of rotatable bonds is 4. The summed E-state index contributed by atoms with van der Waals surface area (Å²) in [5, 5.41) is 0. The van der Waals surface area contributed by atoms with Crippen molar-refractivity contribution in [3.8, 4) is 5.75 Å². The zero-order valence-corrected chi connectivity index (χ0v) is 16.6. The molecule has 25 heavy (non-hydrogen) atoms. The fraction of sp³-hybridized carbons (Fsp3) is 0.0769. The average Bonchev–Trinajstić information content (AvgIpc) is 2.50. The molecule has 4 nitrogen and oxygen atoms in total. The Bertz CT molecular complexity index is 893. The molecular formula is C13H7F6KNO3S+. The predicted octanol–water partition coefficient (Wildman–Crippen LogP) is 0.335. The van der Waals surface area contributed by atoms with Gasteiger partial charge in [-0.2, -0.15) is 0 Å². The molecule has 2 aromatic carbocycles. The fourth-order valence-corrected chi connectivity index (χ4v) is 2.95. The van der Waals surface area contributed by atoms with Gasteiger partial charge in [-0.25, -0.2) is 34.8 Å². The van der Waals surface area contributed by atoms with Gasteiger partial charge in [0, 0.05) is 6.07 Å². The van der Waals surface area contributed by atoms with Crippen LogP contribution in [0.25, 0.3) is 0 Å². The maximum absolute atomic E-state index is 13.6. The van der Waals surface area contributed by atoms with Crippen molar-refractivity contribution >= 4 is 15.7 Å². The molecule has 0 spiro atoms. The summed E-state index contributed by atoms with van der Waals surface area (Å²) in [6.45, 7) is 0. The first kappa shape index (κ1) is 22.2. The summed E-state index contributed by atoms with van der Waals surface area (Å²) in [6.07, 6.45) is 0. The van der Waals surface area contributed by atoms with Gasteiger partial charge in [0.05, 0.1) is 12.8 Å². The van der Waals surface area contributed by atoms with Crippen LogP contribution in [0.4, 0.5) is 32.0 Å². The van der Waals surface area contributed by atoms with Crippen molar-refractivity contribution in [3.63, 3.8) is 0 Å². The summed E-state index contributed by atoms with van der Waals surface area (Å²) >= 11 is 0. The molecule has 0 aliphatic heterocycles. The van der Waals surface area contributed by atoms with Crippen molar-refractivity contribution < 1.29 is 90.9 Å². The van der Waals surface area contributed by atoms with Gasteiger partial charge in [0.15, 0.2) is 39.7 Å². The van der Waals surface area contributed by atoms with Crippen molar-refractivity contribution in [2.45, 2.75) is 4.90 Å². The van der Waals surface area contributed by atoms with Crippen LogP contribution in [0.5, 0.6) is 5.75 Å². The summed E-state index contributed by atoms with van der Waals surface area (Å²) in [7, 11) is -4.09. The van der Waals surface area contributed by atoms with Gasteiger partial charge in [-0.15, -0.1) is 0 Å². The predicted molar refractivity (Wildman–Crippen MR) is 70.0 cm³/mol. The summed E-state index contributed by atoms with van der Waals surface area (Å²) in [6, 6.07) is 2.56. The number of methoxy groups -OCH3 is 1. The van der Waals surface area contributed by atoms with Crippen molar-refractivity contribution in [2.24, 2.45) is 0 Å². The Morgan fingerprint density at radius 1 is 0.880 bits per heavy atom. The molecular weight excluding hydrogens is 403 g/mol. The molecule has 2 aromatic rings. The molecule has 2 rings (SSSR count). The van der Waals surface area contributed by atoms with Crippen LogP contribution in [0.3, 0.4) is 0 Å². The van der Waals surface area contributed by atoms with Crippen LogP contribution in [0.15, 0.2) is 23.1 Å². The van der Waals surface area contributed by atoms with E-state index in [2.05, 4.69) is 4.74 Å². The zero-order chi connectivity index (χ0) is 18.2. The molecule has 0 saturated heterocycles. The normalized spacial score (nSPS) is 11.0. The molecule has 0 bridgehead atoms. The Balaban J connectivity index is 0.00000312. The van der Waals surface area contributed by atoms with Crippen LogP contribution in [0.2, 0.25) is 0 Å². The number of anilines is 1. The standard InChI is InChI=1S/C13H7F6NO3S.K/c1-23-7-3-2-5(4-6(7)14)20-24(21,22)13-11(18)9(16)8(15)10(17)12(13)19;/h2-4,20H,1H3;/q;+1. The van der Waals surface area contributed by atoms with Crippen LogP contribution < -0.4 is 60.8 Å². The Labute approximate surface area is 180 Å². The van der Waals surface area contributed by atoms with Gasteiger partial charge in [-0.05, 0) is 12.1 Å². The average molecular weight is 410 g/mol. The Kier molecular flexibility index (Phi) is 7.36. The molecule has 0 aromatic heterocycles. The number of ether oxygens (including phenoxy) is 1. The molecule has 0 atom stereocenters. The first-order valence-corrected chi connectivity index (χ1v) is 7.46. The topological polar surface area (TPSA) is 55.4 Å². The molecule has 12 heteroatoms. The minimum Gasteiger partial charge on any atom is -0.494 e. The van der Waals surface area contributed by atoms with Crippen LogP contribution in [0, 0.1) is 34.9 Å². The molecule has 0 unspecified atom stereocenters. The van der Waals surface area contributed by atoms with Crippen LogP contribution in [-0.2, 0) is 10.0 Å². The minimum atomic E-state index is -5.23. The zero-order valence-electron chi connectivity index (χ0n) is 12.6. The second kappa shape index (κ2) is 8.27. The van der Waals surface area contributed by atoms with Gasteiger partial charge in [-0.3, -0.25) is 4.72 Å². The van der Waals surface area contributed by atoms with Gasteiger partial charge >= 0.3 is 51.4 Å². The molecule has 0 heterocycles. The second-order valence-corrected chi connectivity index (χ2v) is 5.97. The van der Waals surface area contributed by atoms with Crippen LogP contribution in [0.1, 0.15) is 0 Å². The number of hydrogen-bond acceptors (Lipinski definition) is 3. The number of nitrogens with one attached hydrogen (secondary N) is 1. The first-order valence-electron chi connectivity index (χ1n) is 5.98. The molecule has 130 valence electrons. The fourth-order valence-electron chi connectivity index (χ4n) is 1.76. The van der Waals surface area contributed by atoms with E-state index in [1.807, 2.05) is 0 Å². The maximum Gasteiger partial charge on any atom is 1.00 e. The van der Waals surface area contributed by atoms with Crippen molar-refractivity contribution in [1.82, 2.24) is 0 Å². The molecule has 0 radical (unpaired) electrons. The molecule has 0 aliphatic rings. The van der Waals surface area contributed by atoms with E-state index in [0.29, 0.717) is 6.07 Å².